The number of halogens is 3. The van der Waals surface area contributed by atoms with Gasteiger partial charge in [-0.3, -0.25) is 19.2 Å². The third-order valence-electron chi connectivity index (χ3n) is 7.02. The second-order valence-corrected chi connectivity index (χ2v) is 9.51. The zero-order chi connectivity index (χ0) is 26.7. The average Bonchev–Trinajstić information content (AvgIpc) is 3.42. The first-order valence-electron chi connectivity index (χ1n) is 12.5. The van der Waals surface area contributed by atoms with Crippen LogP contribution in [-0.2, 0) is 30.0 Å². The monoisotopic (exact) mass is 525 g/mol. The van der Waals surface area contributed by atoms with E-state index in [1.54, 1.807) is 6.92 Å². The minimum absolute atomic E-state index is 0.0455. The normalized spacial score (nSPS) is 28.2. The number of fused-ring (bicyclic) bond motifs is 1. The molecule has 5 atom stereocenters. The van der Waals surface area contributed by atoms with Gasteiger partial charge in [-0.1, -0.05) is 18.9 Å². The van der Waals surface area contributed by atoms with Crippen LogP contribution in [0.5, 0.6) is 0 Å². The molecule has 0 aliphatic carbocycles. The molecule has 2 unspecified atom stereocenters. The Balaban J connectivity index is 1.48. The van der Waals surface area contributed by atoms with E-state index in [0.29, 0.717) is 32.1 Å². The molecule has 3 heterocycles. The highest BCUT2D eigenvalue weighted by Gasteiger charge is 2.46. The first-order chi connectivity index (χ1) is 17.6. The predicted octanol–water partition coefficient (Wildman–Crippen LogP) is 2.53. The third kappa shape index (κ3) is 6.06. The molecule has 3 aliphatic heterocycles. The number of rotatable bonds is 6. The smallest absolute Gasteiger partial charge is 0.416 e. The largest absolute Gasteiger partial charge is 0.433 e. The molecule has 1 aromatic carbocycles. The van der Waals surface area contributed by atoms with Crippen LogP contribution in [0.4, 0.5) is 13.2 Å². The number of benzene rings is 1. The van der Waals surface area contributed by atoms with Gasteiger partial charge in [-0.2, -0.15) is 13.2 Å². The van der Waals surface area contributed by atoms with Gasteiger partial charge in [0.25, 0.3) is 5.91 Å². The third-order valence-corrected chi connectivity index (χ3v) is 7.02. The highest BCUT2D eigenvalue weighted by Crippen LogP contribution is 2.32. The van der Waals surface area contributed by atoms with E-state index in [2.05, 4.69) is 10.6 Å². The average molecular weight is 526 g/mol. The Bertz CT molecular complexity index is 1050. The van der Waals surface area contributed by atoms with Gasteiger partial charge in [0.05, 0.1) is 12.0 Å². The molecule has 0 spiro atoms. The van der Waals surface area contributed by atoms with E-state index in [0.717, 1.165) is 24.6 Å². The van der Waals surface area contributed by atoms with Crippen molar-refractivity contribution in [1.29, 1.82) is 0 Å². The van der Waals surface area contributed by atoms with Crippen LogP contribution in [0.1, 0.15) is 67.8 Å². The van der Waals surface area contributed by atoms with Crippen molar-refractivity contribution in [3.63, 3.8) is 0 Å². The molecule has 0 saturated carbocycles. The molecule has 1 aromatic rings. The minimum atomic E-state index is -4.61. The van der Waals surface area contributed by atoms with Gasteiger partial charge < -0.3 is 25.0 Å². The fourth-order valence-corrected chi connectivity index (χ4v) is 5.25. The Labute approximate surface area is 212 Å². The van der Waals surface area contributed by atoms with Gasteiger partial charge in [-0.05, 0) is 50.8 Å². The maximum absolute atomic E-state index is 13.6. The van der Waals surface area contributed by atoms with Crippen LogP contribution in [-0.4, -0.2) is 65.7 Å². The topological polar surface area (TPSA) is 114 Å². The van der Waals surface area contributed by atoms with Crippen molar-refractivity contribution in [2.24, 2.45) is 0 Å². The number of nitrogens with one attached hydrogen (secondary N) is 2. The van der Waals surface area contributed by atoms with E-state index in [1.807, 2.05) is 0 Å². The van der Waals surface area contributed by atoms with Gasteiger partial charge in [0.1, 0.15) is 18.1 Å². The van der Waals surface area contributed by atoms with E-state index < -0.39 is 59.8 Å². The van der Waals surface area contributed by atoms with Crippen LogP contribution in [0.2, 0.25) is 0 Å². The molecular formula is C25H30F3N3O6. The number of carbonyl (C=O) groups is 4. The van der Waals surface area contributed by atoms with Crippen LogP contribution in [0.25, 0.3) is 0 Å². The maximum atomic E-state index is 13.6. The summed E-state index contributed by atoms with van der Waals surface area (Å²) in [6, 6.07) is 1.36. The van der Waals surface area contributed by atoms with E-state index in [4.69, 9.17) is 9.47 Å². The molecule has 2 N–H and O–H groups in total. The Hall–Kier alpha value is -3.15. The molecule has 3 saturated heterocycles. The first-order valence-corrected chi connectivity index (χ1v) is 12.5. The van der Waals surface area contributed by atoms with Crippen molar-refractivity contribution in [2.45, 2.75) is 88.5 Å². The van der Waals surface area contributed by atoms with Crippen molar-refractivity contribution < 1.29 is 41.8 Å². The Morgan fingerprint density at radius 3 is 2.59 bits per heavy atom. The highest BCUT2D eigenvalue weighted by molar-refractivity contribution is 5.99. The number of alkyl halides is 3. The molecule has 0 aromatic heterocycles. The summed E-state index contributed by atoms with van der Waals surface area (Å²) in [6.07, 6.45) is -2.10. The molecule has 3 aliphatic rings. The number of hydrogen-bond donors (Lipinski definition) is 2. The Kier molecular flexibility index (Phi) is 8.05. The first kappa shape index (κ1) is 26.9. The molecule has 3 amide bonds. The van der Waals surface area contributed by atoms with E-state index in [1.165, 1.54) is 11.0 Å². The van der Waals surface area contributed by atoms with Crippen LogP contribution in [0.15, 0.2) is 24.3 Å². The SMILES string of the molecule is CCOC1OC(=O)CC1NC(=O)[C@@H]1CC[C@@H]2CCCC[C@H](NC(=O)c3cccc(C(F)(F)F)c3)C(=O)N21. The van der Waals surface area contributed by atoms with E-state index in [-0.39, 0.29) is 24.6 Å². The van der Waals surface area contributed by atoms with Crippen molar-refractivity contribution >= 4 is 23.7 Å². The second kappa shape index (κ2) is 11.1. The van der Waals surface area contributed by atoms with Crippen LogP contribution in [0, 0.1) is 0 Å². The lowest BCUT2D eigenvalue weighted by Crippen LogP contribution is -2.57. The van der Waals surface area contributed by atoms with Crippen LogP contribution in [0.3, 0.4) is 0 Å². The predicted molar refractivity (Wildman–Crippen MR) is 123 cm³/mol. The van der Waals surface area contributed by atoms with Gasteiger partial charge in [-0.25, -0.2) is 0 Å². The summed E-state index contributed by atoms with van der Waals surface area (Å²) in [4.78, 5) is 52.8. The lowest BCUT2D eigenvalue weighted by atomic mass is 9.98. The van der Waals surface area contributed by atoms with Crippen molar-refractivity contribution in [1.82, 2.24) is 15.5 Å². The summed E-state index contributed by atoms with van der Waals surface area (Å²) in [5.41, 5.74) is -1.16. The molecule has 37 heavy (non-hydrogen) atoms. The molecule has 0 bridgehead atoms. The minimum Gasteiger partial charge on any atom is -0.433 e. The molecule has 202 valence electrons. The standard InChI is InChI=1S/C25H30F3N3O6/c1-2-36-24-18(13-20(32)37-24)30-22(34)19-11-10-16-8-3-4-9-17(23(35)31(16)19)29-21(33)14-6-5-7-15(12-14)25(26,27)28/h5-7,12,16-19,24H,2-4,8-11,13H2,1H3,(H,29,33)(H,30,34)/t16-,17-,18?,19-,24?/m0/s1. The fraction of sp³-hybridized carbons (Fsp3) is 0.600. The summed E-state index contributed by atoms with van der Waals surface area (Å²) in [7, 11) is 0. The zero-order valence-corrected chi connectivity index (χ0v) is 20.4. The summed E-state index contributed by atoms with van der Waals surface area (Å²) >= 11 is 0. The Morgan fingerprint density at radius 2 is 1.86 bits per heavy atom. The fourth-order valence-electron chi connectivity index (χ4n) is 5.25. The van der Waals surface area contributed by atoms with Crippen molar-refractivity contribution in [3.8, 4) is 0 Å². The summed E-state index contributed by atoms with van der Waals surface area (Å²) < 4.78 is 49.7. The van der Waals surface area contributed by atoms with Gasteiger partial charge in [0, 0.05) is 18.2 Å². The number of esters is 1. The number of amides is 3. The molecule has 12 heteroatoms. The molecule has 9 nitrogen and oxygen atoms in total. The second-order valence-electron chi connectivity index (χ2n) is 9.51. The Morgan fingerprint density at radius 1 is 1.11 bits per heavy atom. The molecule has 3 fully saturated rings. The van der Waals surface area contributed by atoms with Crippen molar-refractivity contribution in [2.75, 3.05) is 6.61 Å². The van der Waals surface area contributed by atoms with Crippen LogP contribution < -0.4 is 10.6 Å². The number of carbonyl (C=O) groups excluding carboxylic acids is 4. The van der Waals surface area contributed by atoms with Gasteiger partial charge in [0.2, 0.25) is 18.1 Å². The van der Waals surface area contributed by atoms with E-state index >= 15 is 0 Å². The molecular weight excluding hydrogens is 495 g/mol. The quantitative estimate of drug-likeness (QED) is 0.552. The highest BCUT2D eigenvalue weighted by atomic mass is 19.4. The summed E-state index contributed by atoms with van der Waals surface area (Å²) in [6.45, 7) is 2.02. The lowest BCUT2D eigenvalue weighted by molar-refractivity contribution is -0.164. The number of ether oxygens (including phenoxy) is 2. The molecule has 0 radical (unpaired) electrons. The summed E-state index contributed by atoms with van der Waals surface area (Å²) in [5, 5.41) is 5.37. The molecule has 4 rings (SSSR count). The maximum Gasteiger partial charge on any atom is 0.416 e. The lowest BCUT2D eigenvalue weighted by Gasteiger charge is -2.35. The van der Waals surface area contributed by atoms with Crippen molar-refractivity contribution in [3.05, 3.63) is 35.4 Å². The van der Waals surface area contributed by atoms with Gasteiger partial charge in [-0.15, -0.1) is 0 Å². The van der Waals surface area contributed by atoms with Gasteiger partial charge >= 0.3 is 12.1 Å². The number of cyclic esters (lactones) is 1. The zero-order valence-electron chi connectivity index (χ0n) is 20.4. The van der Waals surface area contributed by atoms with Gasteiger partial charge in [0.15, 0.2) is 0 Å². The number of hydrogen-bond acceptors (Lipinski definition) is 6. The van der Waals surface area contributed by atoms with E-state index in [9.17, 15) is 32.3 Å². The number of nitrogens with zero attached hydrogens (tertiary/aromatic N) is 1. The van der Waals surface area contributed by atoms with Crippen LogP contribution >= 0.6 is 0 Å². The summed E-state index contributed by atoms with van der Waals surface area (Å²) in [5.74, 6) is -2.16.